The molecule has 0 aliphatic carbocycles. The predicted molar refractivity (Wildman–Crippen MR) is 84.0 cm³/mol. The van der Waals surface area contributed by atoms with E-state index in [9.17, 15) is 4.79 Å². The number of aromatic nitrogens is 1. The SMILES string of the molecule is O=C1OC(c2cncc(Br)c2)=N/C1=C\c1ccc(Cl)cc1. The number of halogens is 2. The zero-order valence-electron chi connectivity index (χ0n) is 10.6. The summed E-state index contributed by atoms with van der Waals surface area (Å²) >= 11 is 9.14. The van der Waals surface area contributed by atoms with Crippen LogP contribution in [0, 0.1) is 0 Å². The molecule has 21 heavy (non-hydrogen) atoms. The van der Waals surface area contributed by atoms with Gasteiger partial charge in [-0.25, -0.2) is 9.79 Å². The number of rotatable bonds is 2. The molecular formula is C15H8BrClN2O2. The highest BCUT2D eigenvalue weighted by Crippen LogP contribution is 2.21. The molecule has 1 aromatic carbocycles. The third-order valence-corrected chi connectivity index (χ3v) is 3.43. The molecule has 104 valence electrons. The van der Waals surface area contributed by atoms with Crippen molar-refractivity contribution in [3.63, 3.8) is 0 Å². The van der Waals surface area contributed by atoms with Crippen LogP contribution in [0.15, 0.2) is 57.9 Å². The Hall–Kier alpha value is -1.98. The monoisotopic (exact) mass is 362 g/mol. The van der Waals surface area contributed by atoms with Crippen molar-refractivity contribution in [2.45, 2.75) is 0 Å². The number of cyclic esters (lactones) is 1. The maximum absolute atomic E-state index is 11.9. The minimum atomic E-state index is -0.486. The van der Waals surface area contributed by atoms with Gasteiger partial charge in [-0.05, 0) is 45.8 Å². The highest BCUT2D eigenvalue weighted by atomic mass is 79.9. The van der Waals surface area contributed by atoms with E-state index in [1.165, 1.54) is 0 Å². The lowest BCUT2D eigenvalue weighted by molar-refractivity contribution is -0.129. The molecule has 0 fully saturated rings. The Kier molecular flexibility index (Phi) is 3.86. The average molecular weight is 364 g/mol. The first kappa shape index (κ1) is 14.0. The van der Waals surface area contributed by atoms with Gasteiger partial charge in [0.05, 0.1) is 5.56 Å². The lowest BCUT2D eigenvalue weighted by atomic mass is 10.2. The highest BCUT2D eigenvalue weighted by Gasteiger charge is 2.24. The molecule has 4 nitrogen and oxygen atoms in total. The minimum absolute atomic E-state index is 0.243. The van der Waals surface area contributed by atoms with Crippen molar-refractivity contribution in [1.82, 2.24) is 4.98 Å². The number of nitrogens with zero attached hydrogens (tertiary/aromatic N) is 2. The molecule has 1 aromatic heterocycles. The van der Waals surface area contributed by atoms with Crippen molar-refractivity contribution in [1.29, 1.82) is 0 Å². The molecule has 2 heterocycles. The van der Waals surface area contributed by atoms with Crippen LogP contribution in [0.5, 0.6) is 0 Å². The van der Waals surface area contributed by atoms with Crippen LogP contribution in [-0.4, -0.2) is 16.9 Å². The summed E-state index contributed by atoms with van der Waals surface area (Å²) in [5.74, 6) is -0.242. The van der Waals surface area contributed by atoms with Gasteiger partial charge >= 0.3 is 5.97 Å². The van der Waals surface area contributed by atoms with Crippen LogP contribution >= 0.6 is 27.5 Å². The van der Waals surface area contributed by atoms with Gasteiger partial charge in [0, 0.05) is 21.9 Å². The van der Waals surface area contributed by atoms with Crippen molar-refractivity contribution >= 4 is 45.5 Å². The molecule has 0 saturated heterocycles. The number of carbonyl (C=O) groups is 1. The Morgan fingerprint density at radius 3 is 2.67 bits per heavy atom. The van der Waals surface area contributed by atoms with Crippen molar-refractivity contribution in [2.75, 3.05) is 0 Å². The molecule has 6 heteroatoms. The van der Waals surface area contributed by atoms with E-state index in [0.717, 1.165) is 10.0 Å². The van der Waals surface area contributed by atoms with E-state index in [1.807, 2.05) is 0 Å². The van der Waals surface area contributed by atoms with Gasteiger partial charge in [0.25, 0.3) is 0 Å². The highest BCUT2D eigenvalue weighted by molar-refractivity contribution is 9.10. The lowest BCUT2D eigenvalue weighted by Crippen LogP contribution is -2.05. The molecule has 0 N–H and O–H groups in total. The summed E-state index contributed by atoms with van der Waals surface area (Å²) in [5.41, 5.74) is 1.70. The van der Waals surface area contributed by atoms with Gasteiger partial charge in [0.15, 0.2) is 5.70 Å². The van der Waals surface area contributed by atoms with Gasteiger partial charge in [-0.1, -0.05) is 23.7 Å². The average Bonchev–Trinajstić information content (AvgIpc) is 2.83. The summed E-state index contributed by atoms with van der Waals surface area (Å²) < 4.78 is 5.95. The van der Waals surface area contributed by atoms with E-state index in [1.54, 1.807) is 48.8 Å². The molecule has 1 aliphatic heterocycles. The molecular weight excluding hydrogens is 356 g/mol. The standard InChI is InChI=1S/C15H8BrClN2O2/c16-11-6-10(7-18-8-11)14-19-13(15(20)21-14)5-9-1-3-12(17)4-2-9/h1-8H/b13-5-. The maximum Gasteiger partial charge on any atom is 0.363 e. The van der Waals surface area contributed by atoms with Crippen molar-refractivity contribution in [2.24, 2.45) is 4.99 Å². The predicted octanol–water partition coefficient (Wildman–Crippen LogP) is 3.84. The van der Waals surface area contributed by atoms with Crippen LogP contribution in [0.4, 0.5) is 0 Å². The maximum atomic E-state index is 11.9. The summed E-state index contributed by atoms with van der Waals surface area (Å²) in [7, 11) is 0. The van der Waals surface area contributed by atoms with Crippen LogP contribution in [0.3, 0.4) is 0 Å². The number of hydrogen-bond acceptors (Lipinski definition) is 4. The molecule has 0 unspecified atom stereocenters. The Bertz CT molecular complexity index is 769. The molecule has 0 saturated carbocycles. The third kappa shape index (κ3) is 3.20. The zero-order valence-corrected chi connectivity index (χ0v) is 12.9. The normalized spacial score (nSPS) is 16.0. The smallest absolute Gasteiger partial charge is 0.363 e. The first-order chi connectivity index (χ1) is 10.1. The molecule has 0 bridgehead atoms. The van der Waals surface area contributed by atoms with Gasteiger partial charge in [0.2, 0.25) is 5.90 Å². The fraction of sp³-hybridized carbons (Fsp3) is 0. The number of ether oxygens (including phenoxy) is 1. The van der Waals surface area contributed by atoms with E-state index in [4.69, 9.17) is 16.3 Å². The second kappa shape index (κ2) is 5.79. The van der Waals surface area contributed by atoms with Gasteiger partial charge < -0.3 is 4.74 Å². The molecule has 0 amide bonds. The Balaban J connectivity index is 1.93. The molecule has 3 rings (SSSR count). The van der Waals surface area contributed by atoms with E-state index < -0.39 is 5.97 Å². The lowest BCUT2D eigenvalue weighted by Gasteiger charge is -1.98. The fourth-order valence-corrected chi connectivity index (χ4v) is 2.27. The van der Waals surface area contributed by atoms with Crippen LogP contribution in [-0.2, 0) is 9.53 Å². The van der Waals surface area contributed by atoms with Gasteiger partial charge in [-0.3, -0.25) is 4.98 Å². The summed E-state index contributed by atoms with van der Waals surface area (Å²) in [4.78, 5) is 20.1. The number of pyridine rings is 1. The van der Waals surface area contributed by atoms with Crippen LogP contribution in [0.1, 0.15) is 11.1 Å². The summed E-state index contributed by atoms with van der Waals surface area (Å²) in [6.07, 6.45) is 4.88. The second-order valence-corrected chi connectivity index (χ2v) is 5.63. The first-order valence-electron chi connectivity index (χ1n) is 6.01. The van der Waals surface area contributed by atoms with E-state index in [-0.39, 0.29) is 11.6 Å². The summed E-state index contributed by atoms with van der Waals surface area (Å²) in [6.45, 7) is 0. The fourth-order valence-electron chi connectivity index (χ4n) is 1.78. The number of hydrogen-bond donors (Lipinski definition) is 0. The molecule has 1 aliphatic rings. The topological polar surface area (TPSA) is 51.5 Å². The number of aliphatic imine (C=N–C) groups is 1. The minimum Gasteiger partial charge on any atom is -0.402 e. The van der Waals surface area contributed by atoms with E-state index in [0.29, 0.717) is 10.6 Å². The van der Waals surface area contributed by atoms with Gasteiger partial charge in [-0.2, -0.15) is 0 Å². The Morgan fingerprint density at radius 2 is 1.95 bits per heavy atom. The van der Waals surface area contributed by atoms with Crippen molar-refractivity contribution < 1.29 is 9.53 Å². The molecule has 0 spiro atoms. The van der Waals surface area contributed by atoms with Gasteiger partial charge in [0.1, 0.15) is 0 Å². The van der Waals surface area contributed by atoms with Crippen LogP contribution < -0.4 is 0 Å². The largest absolute Gasteiger partial charge is 0.402 e. The van der Waals surface area contributed by atoms with Crippen molar-refractivity contribution in [3.05, 3.63) is 69.0 Å². The third-order valence-electron chi connectivity index (χ3n) is 2.75. The van der Waals surface area contributed by atoms with Crippen molar-refractivity contribution in [3.8, 4) is 0 Å². The van der Waals surface area contributed by atoms with E-state index >= 15 is 0 Å². The quantitative estimate of drug-likeness (QED) is 0.602. The number of carbonyl (C=O) groups excluding carboxylic acids is 1. The Morgan fingerprint density at radius 1 is 1.19 bits per heavy atom. The van der Waals surface area contributed by atoms with Crippen LogP contribution in [0.25, 0.3) is 6.08 Å². The number of esters is 1. The Labute approximate surface area is 134 Å². The second-order valence-electron chi connectivity index (χ2n) is 4.28. The van der Waals surface area contributed by atoms with E-state index in [2.05, 4.69) is 25.9 Å². The molecule has 2 aromatic rings. The summed E-state index contributed by atoms with van der Waals surface area (Å²) in [5, 5.41) is 0.635. The molecule has 0 atom stereocenters. The molecule has 0 radical (unpaired) electrons. The number of benzene rings is 1. The first-order valence-corrected chi connectivity index (χ1v) is 7.18. The van der Waals surface area contributed by atoms with Gasteiger partial charge in [-0.15, -0.1) is 0 Å². The zero-order chi connectivity index (χ0) is 14.8. The van der Waals surface area contributed by atoms with Crippen LogP contribution in [0.2, 0.25) is 5.02 Å². The summed E-state index contributed by atoms with van der Waals surface area (Å²) in [6, 6.07) is 8.88.